The van der Waals surface area contributed by atoms with Gasteiger partial charge in [0.25, 0.3) is 11.6 Å². The highest BCUT2D eigenvalue weighted by molar-refractivity contribution is 6.00. The molecular formula is C16H9F3N4O5. The van der Waals surface area contributed by atoms with Crippen LogP contribution in [-0.2, 0) is 6.18 Å². The highest BCUT2D eigenvalue weighted by atomic mass is 19.4. The number of aromatic nitrogens is 2. The van der Waals surface area contributed by atoms with E-state index in [9.17, 15) is 37.7 Å². The van der Waals surface area contributed by atoms with Gasteiger partial charge in [0.2, 0.25) is 0 Å². The van der Waals surface area contributed by atoms with Gasteiger partial charge in [-0.15, -0.1) is 0 Å². The smallest absolute Gasteiger partial charge is 0.316 e. The van der Waals surface area contributed by atoms with Crippen molar-refractivity contribution in [1.29, 1.82) is 0 Å². The molecule has 28 heavy (non-hydrogen) atoms. The Balaban J connectivity index is 2.27. The molecule has 0 saturated heterocycles. The van der Waals surface area contributed by atoms with Crippen LogP contribution in [0.25, 0.3) is 11.0 Å². The standard InChI is InChI=1S/C16H9F3N4O5/c17-16(18,19)9-6-10-12(7-11(9)23(27)28)22(15(26)14(25)20-10)21-13(24)8-4-2-1-3-5-8/h1-7H,(H,20,25)(H,21,24). The molecule has 0 aliphatic heterocycles. The maximum atomic E-state index is 13.1. The second-order valence-electron chi connectivity index (χ2n) is 5.54. The van der Waals surface area contributed by atoms with Crippen LogP contribution in [0, 0.1) is 10.1 Å². The van der Waals surface area contributed by atoms with E-state index >= 15 is 0 Å². The lowest BCUT2D eigenvalue weighted by molar-refractivity contribution is -0.387. The molecule has 3 rings (SSSR count). The van der Waals surface area contributed by atoms with E-state index in [0.717, 1.165) is 0 Å². The van der Waals surface area contributed by atoms with Crippen LogP contribution >= 0.6 is 0 Å². The topological polar surface area (TPSA) is 127 Å². The summed E-state index contributed by atoms with van der Waals surface area (Å²) in [6.45, 7) is 0. The second-order valence-corrected chi connectivity index (χ2v) is 5.54. The molecule has 1 aromatic heterocycles. The van der Waals surface area contributed by atoms with Crippen molar-refractivity contribution >= 4 is 22.6 Å². The molecule has 0 saturated carbocycles. The Bertz CT molecular complexity index is 1220. The minimum atomic E-state index is -5.08. The van der Waals surface area contributed by atoms with Crippen LogP contribution in [0.15, 0.2) is 52.1 Å². The first-order chi connectivity index (χ1) is 13.1. The van der Waals surface area contributed by atoms with E-state index in [4.69, 9.17) is 0 Å². The van der Waals surface area contributed by atoms with Crippen LogP contribution in [0.2, 0.25) is 0 Å². The largest absolute Gasteiger partial charge is 0.423 e. The molecule has 2 N–H and O–H groups in total. The van der Waals surface area contributed by atoms with Gasteiger partial charge in [0.1, 0.15) is 5.56 Å². The molecule has 0 radical (unpaired) electrons. The van der Waals surface area contributed by atoms with Crippen molar-refractivity contribution in [3.63, 3.8) is 0 Å². The van der Waals surface area contributed by atoms with Gasteiger partial charge >= 0.3 is 17.3 Å². The predicted octanol–water partition coefficient (Wildman–Crippen LogP) is 2.00. The highest BCUT2D eigenvalue weighted by Crippen LogP contribution is 2.37. The molecule has 0 atom stereocenters. The average Bonchev–Trinajstić information content (AvgIpc) is 2.64. The number of nitro benzene ring substituents is 1. The minimum absolute atomic E-state index is 0.0873. The molecule has 9 nitrogen and oxygen atoms in total. The van der Waals surface area contributed by atoms with Gasteiger partial charge in [-0.05, 0) is 18.2 Å². The number of H-pyrrole nitrogens is 1. The number of hydrogen-bond donors (Lipinski definition) is 2. The summed E-state index contributed by atoms with van der Waals surface area (Å²) in [5, 5.41) is 11.1. The molecular weight excluding hydrogens is 385 g/mol. The van der Waals surface area contributed by atoms with Crippen LogP contribution in [0.1, 0.15) is 15.9 Å². The second kappa shape index (κ2) is 6.64. The molecule has 3 aromatic rings. The summed E-state index contributed by atoms with van der Waals surface area (Å²) in [6, 6.07) is 8.23. The van der Waals surface area contributed by atoms with Crippen LogP contribution in [0.3, 0.4) is 0 Å². The van der Waals surface area contributed by atoms with E-state index in [-0.39, 0.29) is 5.56 Å². The van der Waals surface area contributed by atoms with Crippen molar-refractivity contribution < 1.29 is 22.9 Å². The fraction of sp³-hybridized carbons (Fsp3) is 0.0625. The number of rotatable bonds is 3. The molecule has 0 aliphatic rings. The molecule has 12 heteroatoms. The number of carbonyl (C=O) groups is 1. The zero-order chi connectivity index (χ0) is 20.6. The average molecular weight is 394 g/mol. The Morgan fingerprint density at radius 1 is 1.14 bits per heavy atom. The fourth-order valence-corrected chi connectivity index (χ4v) is 2.49. The van der Waals surface area contributed by atoms with Gasteiger partial charge in [0.05, 0.1) is 16.0 Å². The normalized spacial score (nSPS) is 11.4. The molecule has 0 spiro atoms. The Hall–Kier alpha value is -3.96. The van der Waals surface area contributed by atoms with Gasteiger partial charge in [0, 0.05) is 11.6 Å². The third-order valence-corrected chi connectivity index (χ3v) is 3.75. The number of nitro groups is 1. The molecule has 0 unspecified atom stereocenters. The number of aromatic amines is 1. The first-order valence-electron chi connectivity index (χ1n) is 7.50. The lowest BCUT2D eigenvalue weighted by Crippen LogP contribution is -2.42. The van der Waals surface area contributed by atoms with Crippen molar-refractivity contribution in [2.24, 2.45) is 0 Å². The van der Waals surface area contributed by atoms with E-state index in [1.165, 1.54) is 24.3 Å². The number of fused-ring (bicyclic) bond motifs is 1. The van der Waals surface area contributed by atoms with Gasteiger partial charge in [-0.2, -0.15) is 13.2 Å². The van der Waals surface area contributed by atoms with Crippen LogP contribution in [-0.4, -0.2) is 20.5 Å². The van der Waals surface area contributed by atoms with E-state index in [1.54, 1.807) is 6.07 Å². The molecule has 2 aromatic carbocycles. The van der Waals surface area contributed by atoms with Crippen molar-refractivity contribution in [3.05, 3.63) is 84.4 Å². The van der Waals surface area contributed by atoms with Crippen molar-refractivity contribution in [1.82, 2.24) is 9.66 Å². The molecule has 1 heterocycles. The molecule has 1 amide bonds. The number of hydrogen-bond acceptors (Lipinski definition) is 5. The molecule has 0 fully saturated rings. The number of benzene rings is 2. The van der Waals surface area contributed by atoms with Crippen molar-refractivity contribution in [3.8, 4) is 0 Å². The maximum absolute atomic E-state index is 13.1. The van der Waals surface area contributed by atoms with Crippen LogP contribution in [0.4, 0.5) is 18.9 Å². The van der Waals surface area contributed by atoms with E-state index < -0.39 is 50.4 Å². The molecule has 0 bridgehead atoms. The van der Waals surface area contributed by atoms with Gasteiger partial charge in [-0.1, -0.05) is 18.2 Å². The third kappa shape index (κ3) is 3.34. The predicted molar refractivity (Wildman–Crippen MR) is 90.6 cm³/mol. The summed E-state index contributed by atoms with van der Waals surface area (Å²) in [5.74, 6) is -0.850. The van der Waals surface area contributed by atoms with E-state index in [1.807, 2.05) is 4.98 Å². The van der Waals surface area contributed by atoms with Gasteiger partial charge < -0.3 is 4.98 Å². The monoisotopic (exact) mass is 394 g/mol. The number of alkyl halides is 3. The zero-order valence-electron chi connectivity index (χ0n) is 13.6. The van der Waals surface area contributed by atoms with Gasteiger partial charge in [0.15, 0.2) is 0 Å². The Morgan fingerprint density at radius 3 is 2.36 bits per heavy atom. The number of amides is 1. The van der Waals surface area contributed by atoms with E-state index in [0.29, 0.717) is 16.8 Å². The summed E-state index contributed by atoms with van der Waals surface area (Å²) in [6.07, 6.45) is -5.08. The van der Waals surface area contributed by atoms with Crippen LogP contribution < -0.4 is 16.5 Å². The number of nitrogens with one attached hydrogen (secondary N) is 2. The SMILES string of the molecule is O=C(Nn1c(=O)c(=O)[nH]c2cc(C(F)(F)F)c([N+](=O)[O-])cc21)c1ccccc1. The number of nitrogens with zero attached hydrogens (tertiary/aromatic N) is 2. The van der Waals surface area contributed by atoms with Crippen LogP contribution in [0.5, 0.6) is 0 Å². The summed E-state index contributed by atoms with van der Waals surface area (Å²) >= 11 is 0. The molecule has 0 aliphatic carbocycles. The fourth-order valence-electron chi connectivity index (χ4n) is 2.49. The first-order valence-corrected chi connectivity index (χ1v) is 7.50. The maximum Gasteiger partial charge on any atom is 0.423 e. The number of carbonyl (C=O) groups excluding carboxylic acids is 1. The quantitative estimate of drug-likeness (QED) is 0.399. The van der Waals surface area contributed by atoms with Gasteiger partial charge in [-0.25, -0.2) is 4.68 Å². The first kappa shape index (κ1) is 18.8. The van der Waals surface area contributed by atoms with E-state index in [2.05, 4.69) is 5.43 Å². The minimum Gasteiger partial charge on any atom is -0.316 e. The Kier molecular flexibility index (Phi) is 4.47. The highest BCUT2D eigenvalue weighted by Gasteiger charge is 2.39. The van der Waals surface area contributed by atoms with Crippen molar-refractivity contribution in [2.75, 3.05) is 5.43 Å². The summed E-state index contributed by atoms with van der Waals surface area (Å²) in [4.78, 5) is 47.9. The Labute approximate surface area is 152 Å². The third-order valence-electron chi connectivity index (χ3n) is 3.75. The Morgan fingerprint density at radius 2 is 1.79 bits per heavy atom. The number of halogens is 3. The summed E-state index contributed by atoms with van der Waals surface area (Å²) < 4.78 is 39.7. The van der Waals surface area contributed by atoms with Crippen molar-refractivity contribution in [2.45, 2.75) is 6.18 Å². The molecule has 144 valence electrons. The summed E-state index contributed by atoms with van der Waals surface area (Å²) in [7, 11) is 0. The summed E-state index contributed by atoms with van der Waals surface area (Å²) in [5.41, 5.74) is -4.43. The zero-order valence-corrected chi connectivity index (χ0v) is 13.6. The lowest BCUT2D eigenvalue weighted by Gasteiger charge is -2.13. The lowest BCUT2D eigenvalue weighted by atomic mass is 10.1. The van der Waals surface area contributed by atoms with Gasteiger partial charge in [-0.3, -0.25) is 29.9 Å².